The molecular formula is C19H21N3O5S. The molecule has 2 aromatic rings. The molecule has 0 bridgehead atoms. The molecule has 1 N–H and O–H groups in total. The number of ether oxygens (including phenoxy) is 2. The molecule has 0 aromatic heterocycles. The third-order valence-corrected chi connectivity index (χ3v) is 6.77. The highest BCUT2D eigenvalue weighted by Crippen LogP contribution is 2.35. The lowest BCUT2D eigenvalue weighted by atomic mass is 10.1. The van der Waals surface area contributed by atoms with Gasteiger partial charge in [-0.25, -0.2) is 8.42 Å². The Bertz CT molecular complexity index is 983. The van der Waals surface area contributed by atoms with E-state index in [-0.39, 0.29) is 17.6 Å². The third-order valence-electron chi connectivity index (χ3n) is 4.85. The Balaban J connectivity index is 1.48. The highest BCUT2D eigenvalue weighted by atomic mass is 32.2. The normalized spacial score (nSPS) is 17.5. The summed E-state index contributed by atoms with van der Waals surface area (Å²) in [7, 11) is -1.56. The van der Waals surface area contributed by atoms with Crippen molar-refractivity contribution in [3.63, 3.8) is 0 Å². The molecule has 1 saturated heterocycles. The van der Waals surface area contributed by atoms with Gasteiger partial charge in [0.15, 0.2) is 11.5 Å². The maximum atomic E-state index is 12.8. The van der Waals surface area contributed by atoms with E-state index in [0.29, 0.717) is 48.9 Å². The predicted octanol–water partition coefficient (Wildman–Crippen LogP) is 1.60. The van der Waals surface area contributed by atoms with Crippen LogP contribution in [-0.2, 0) is 10.0 Å². The predicted molar refractivity (Wildman–Crippen MR) is 103 cm³/mol. The number of para-hydroxylation sites is 1. The SMILES string of the molecule is CN1CCN(S(=O)(=O)c2ccc(NC(=O)c3cccc4c3OCO4)cc2)CC1. The molecule has 2 aromatic carbocycles. The maximum absolute atomic E-state index is 12.8. The molecule has 2 heterocycles. The molecule has 4 rings (SSSR count). The Labute approximate surface area is 163 Å². The van der Waals surface area contributed by atoms with Crippen molar-refractivity contribution in [1.29, 1.82) is 0 Å². The number of carbonyl (C=O) groups excluding carboxylic acids is 1. The highest BCUT2D eigenvalue weighted by molar-refractivity contribution is 7.89. The summed E-state index contributed by atoms with van der Waals surface area (Å²) in [5, 5.41) is 2.76. The summed E-state index contributed by atoms with van der Waals surface area (Å²) >= 11 is 0. The smallest absolute Gasteiger partial charge is 0.259 e. The molecule has 0 aliphatic carbocycles. The van der Waals surface area contributed by atoms with Crippen LogP contribution < -0.4 is 14.8 Å². The van der Waals surface area contributed by atoms with Crippen molar-refractivity contribution in [3.05, 3.63) is 48.0 Å². The molecule has 0 radical (unpaired) electrons. The zero-order chi connectivity index (χ0) is 19.7. The van der Waals surface area contributed by atoms with E-state index in [1.54, 1.807) is 30.3 Å². The Kier molecular flexibility index (Phi) is 4.96. The van der Waals surface area contributed by atoms with Gasteiger partial charge in [-0.1, -0.05) is 6.07 Å². The van der Waals surface area contributed by atoms with Crippen LogP contribution in [0.4, 0.5) is 5.69 Å². The average Bonchev–Trinajstić information content (AvgIpc) is 3.17. The molecule has 2 aliphatic heterocycles. The minimum atomic E-state index is -3.53. The van der Waals surface area contributed by atoms with Crippen LogP contribution in [0.15, 0.2) is 47.4 Å². The molecule has 0 atom stereocenters. The first-order valence-corrected chi connectivity index (χ1v) is 10.4. The molecule has 0 saturated carbocycles. The Morgan fingerprint density at radius 2 is 1.71 bits per heavy atom. The average molecular weight is 403 g/mol. The van der Waals surface area contributed by atoms with E-state index in [2.05, 4.69) is 10.2 Å². The van der Waals surface area contributed by atoms with Gasteiger partial charge in [-0.15, -0.1) is 0 Å². The van der Waals surface area contributed by atoms with Gasteiger partial charge in [-0.3, -0.25) is 4.79 Å². The molecule has 0 spiro atoms. The number of carbonyl (C=O) groups is 1. The van der Waals surface area contributed by atoms with Crippen molar-refractivity contribution in [3.8, 4) is 11.5 Å². The summed E-state index contributed by atoms with van der Waals surface area (Å²) in [5.74, 6) is 0.590. The fourth-order valence-corrected chi connectivity index (χ4v) is 4.62. The first-order chi connectivity index (χ1) is 13.4. The van der Waals surface area contributed by atoms with E-state index in [1.807, 2.05) is 7.05 Å². The van der Waals surface area contributed by atoms with Crippen molar-refractivity contribution in [1.82, 2.24) is 9.21 Å². The monoisotopic (exact) mass is 403 g/mol. The number of likely N-dealkylation sites (N-methyl/N-ethyl adjacent to an activating group) is 1. The molecule has 1 fully saturated rings. The van der Waals surface area contributed by atoms with Crippen LogP contribution in [0.3, 0.4) is 0 Å². The Hall–Kier alpha value is -2.62. The van der Waals surface area contributed by atoms with Gasteiger partial charge in [-0.05, 0) is 43.4 Å². The van der Waals surface area contributed by atoms with Gasteiger partial charge in [-0.2, -0.15) is 4.31 Å². The van der Waals surface area contributed by atoms with Gasteiger partial charge in [0.2, 0.25) is 16.8 Å². The highest BCUT2D eigenvalue weighted by Gasteiger charge is 2.27. The van der Waals surface area contributed by atoms with E-state index in [0.717, 1.165) is 0 Å². The first-order valence-electron chi connectivity index (χ1n) is 8.94. The number of nitrogens with one attached hydrogen (secondary N) is 1. The van der Waals surface area contributed by atoms with Crippen LogP contribution in [0.25, 0.3) is 0 Å². The number of sulfonamides is 1. The number of nitrogens with zero attached hydrogens (tertiary/aromatic N) is 2. The maximum Gasteiger partial charge on any atom is 0.259 e. The second kappa shape index (κ2) is 7.42. The number of rotatable bonds is 4. The fourth-order valence-electron chi connectivity index (χ4n) is 3.20. The number of anilines is 1. The van der Waals surface area contributed by atoms with Crippen molar-refractivity contribution >= 4 is 21.6 Å². The third kappa shape index (κ3) is 3.56. The van der Waals surface area contributed by atoms with E-state index >= 15 is 0 Å². The van der Waals surface area contributed by atoms with E-state index in [4.69, 9.17) is 9.47 Å². The Morgan fingerprint density at radius 3 is 2.43 bits per heavy atom. The standard InChI is InChI=1S/C19H21N3O5S/c1-21-9-11-22(12-10-21)28(24,25)15-7-5-14(6-8-15)20-19(23)16-3-2-4-17-18(16)27-13-26-17/h2-8H,9-13H2,1H3,(H,20,23). The van der Waals surface area contributed by atoms with Gasteiger partial charge < -0.3 is 19.7 Å². The second-order valence-corrected chi connectivity index (χ2v) is 8.66. The fraction of sp³-hybridized carbons (Fsp3) is 0.316. The van der Waals surface area contributed by atoms with Crippen LogP contribution in [0.2, 0.25) is 0 Å². The summed E-state index contributed by atoms with van der Waals surface area (Å²) in [4.78, 5) is 14.9. The zero-order valence-electron chi connectivity index (χ0n) is 15.4. The van der Waals surface area contributed by atoms with Gasteiger partial charge in [0.05, 0.1) is 10.5 Å². The largest absolute Gasteiger partial charge is 0.454 e. The van der Waals surface area contributed by atoms with Crippen molar-refractivity contribution < 1.29 is 22.7 Å². The topological polar surface area (TPSA) is 88.2 Å². The summed E-state index contributed by atoms with van der Waals surface area (Å²) < 4.78 is 37.7. The molecule has 1 amide bonds. The molecule has 8 nitrogen and oxygen atoms in total. The summed E-state index contributed by atoms with van der Waals surface area (Å²) in [5.41, 5.74) is 0.864. The summed E-state index contributed by atoms with van der Waals surface area (Å²) in [6.45, 7) is 2.44. The molecule has 148 valence electrons. The molecule has 2 aliphatic rings. The lowest BCUT2D eigenvalue weighted by Gasteiger charge is -2.31. The van der Waals surface area contributed by atoms with Crippen LogP contribution >= 0.6 is 0 Å². The van der Waals surface area contributed by atoms with Crippen molar-refractivity contribution in [2.45, 2.75) is 4.90 Å². The zero-order valence-corrected chi connectivity index (χ0v) is 16.2. The quantitative estimate of drug-likeness (QED) is 0.834. The first kappa shape index (κ1) is 18.7. The Morgan fingerprint density at radius 1 is 1.00 bits per heavy atom. The summed E-state index contributed by atoms with van der Waals surface area (Å²) in [6, 6.07) is 11.3. The van der Waals surface area contributed by atoms with Crippen LogP contribution in [0, 0.1) is 0 Å². The number of hydrogen-bond acceptors (Lipinski definition) is 6. The van der Waals surface area contributed by atoms with Crippen molar-refractivity contribution in [2.75, 3.05) is 45.3 Å². The number of hydrogen-bond donors (Lipinski definition) is 1. The minimum Gasteiger partial charge on any atom is -0.454 e. The van der Waals surface area contributed by atoms with Gasteiger partial charge in [0.1, 0.15) is 0 Å². The number of benzene rings is 2. The van der Waals surface area contributed by atoms with Crippen LogP contribution in [0.1, 0.15) is 10.4 Å². The van der Waals surface area contributed by atoms with E-state index in [1.165, 1.54) is 16.4 Å². The molecular weight excluding hydrogens is 382 g/mol. The lowest BCUT2D eigenvalue weighted by molar-refractivity contribution is 0.102. The number of piperazine rings is 1. The minimum absolute atomic E-state index is 0.0818. The van der Waals surface area contributed by atoms with E-state index < -0.39 is 10.0 Å². The van der Waals surface area contributed by atoms with Gasteiger partial charge in [0.25, 0.3) is 5.91 Å². The molecule has 28 heavy (non-hydrogen) atoms. The lowest BCUT2D eigenvalue weighted by Crippen LogP contribution is -2.46. The van der Waals surface area contributed by atoms with Crippen molar-refractivity contribution in [2.24, 2.45) is 0 Å². The van der Waals surface area contributed by atoms with Crippen LogP contribution in [-0.4, -0.2) is 63.5 Å². The van der Waals surface area contributed by atoms with Gasteiger partial charge in [0, 0.05) is 31.9 Å². The second-order valence-electron chi connectivity index (χ2n) is 6.73. The molecule has 9 heteroatoms. The summed E-state index contributed by atoms with van der Waals surface area (Å²) in [6.07, 6.45) is 0. The molecule has 0 unspecified atom stereocenters. The number of fused-ring (bicyclic) bond motifs is 1. The van der Waals surface area contributed by atoms with Crippen LogP contribution in [0.5, 0.6) is 11.5 Å². The van der Waals surface area contributed by atoms with Gasteiger partial charge >= 0.3 is 0 Å². The number of amides is 1. The van der Waals surface area contributed by atoms with E-state index in [9.17, 15) is 13.2 Å².